The molecule has 0 spiro atoms. The van der Waals surface area contributed by atoms with Crippen molar-refractivity contribution in [3.8, 4) is 0 Å². The second kappa shape index (κ2) is 3.43. The second-order valence-electron chi connectivity index (χ2n) is 4.02. The normalized spacial score (nSPS) is 18.5. The zero-order valence-electron chi connectivity index (χ0n) is 8.33. The van der Waals surface area contributed by atoms with Crippen LogP contribution in [0.4, 0.5) is 0 Å². The largest absolute Gasteiger partial charge is 0.316 e. The van der Waals surface area contributed by atoms with Crippen molar-refractivity contribution in [1.82, 2.24) is 9.55 Å². The molecule has 0 saturated carbocycles. The van der Waals surface area contributed by atoms with Crippen LogP contribution in [-0.4, -0.2) is 33.4 Å². The minimum absolute atomic E-state index is 0.146. The molecule has 68 valence electrons. The van der Waals surface area contributed by atoms with Crippen LogP contribution in [0.25, 0.3) is 0 Å². The number of nitrogens with one attached hydrogen (secondary N) is 1. The zero-order valence-corrected chi connectivity index (χ0v) is 10.1. The van der Waals surface area contributed by atoms with Crippen LogP contribution >= 0.6 is 11.1 Å². The topological polar surface area (TPSA) is 15.3 Å². The van der Waals surface area contributed by atoms with Crippen molar-refractivity contribution >= 4 is 18.8 Å². The van der Waals surface area contributed by atoms with E-state index >= 15 is 0 Å². The van der Waals surface area contributed by atoms with Gasteiger partial charge in [0.25, 0.3) is 0 Å². The molecule has 0 bridgehead atoms. The quantitative estimate of drug-likeness (QED) is 0.533. The summed E-state index contributed by atoms with van der Waals surface area (Å²) in [6.07, 6.45) is 0. The lowest BCUT2D eigenvalue weighted by Gasteiger charge is -2.41. The van der Waals surface area contributed by atoms with Crippen molar-refractivity contribution in [3.05, 3.63) is 0 Å². The van der Waals surface area contributed by atoms with E-state index in [9.17, 15) is 0 Å². The lowest BCUT2D eigenvalue weighted by atomic mass is 10.3. The van der Waals surface area contributed by atoms with Crippen molar-refractivity contribution in [3.63, 3.8) is 0 Å². The maximum atomic E-state index is 6.49. The molecule has 0 rings (SSSR count). The molecule has 0 aliphatic carbocycles. The van der Waals surface area contributed by atoms with E-state index in [0.717, 1.165) is 0 Å². The fourth-order valence-electron chi connectivity index (χ4n) is 1.27. The van der Waals surface area contributed by atoms with E-state index in [1.165, 1.54) is 0 Å². The molecule has 0 saturated heterocycles. The maximum Gasteiger partial charge on any atom is 0.309 e. The van der Waals surface area contributed by atoms with E-state index in [1.807, 2.05) is 21.1 Å². The Kier molecular flexibility index (Phi) is 3.57. The van der Waals surface area contributed by atoms with Gasteiger partial charge in [-0.15, -0.1) is 11.1 Å². The molecule has 0 aromatic carbocycles. The van der Waals surface area contributed by atoms with E-state index in [2.05, 4.69) is 30.3 Å². The van der Waals surface area contributed by atoms with Crippen LogP contribution in [0.15, 0.2) is 0 Å². The summed E-state index contributed by atoms with van der Waals surface area (Å²) in [5, 5.41) is 0.146. The summed E-state index contributed by atoms with van der Waals surface area (Å²) in [5.74, 6) is 0. The highest BCUT2D eigenvalue weighted by Gasteiger charge is 2.45. The van der Waals surface area contributed by atoms with E-state index < -0.39 is 7.71 Å². The number of rotatable bonds is 2. The Balaban J connectivity index is 4.61. The predicted octanol–water partition coefficient (Wildman–Crippen LogP) is 1.75. The molecule has 0 aliphatic heterocycles. The van der Waals surface area contributed by atoms with Gasteiger partial charge >= 0.3 is 7.71 Å². The van der Waals surface area contributed by atoms with Crippen LogP contribution in [-0.2, 0) is 0 Å². The molecule has 0 aromatic rings. The van der Waals surface area contributed by atoms with Gasteiger partial charge in [0.2, 0.25) is 0 Å². The van der Waals surface area contributed by atoms with Crippen LogP contribution in [0.2, 0.25) is 5.04 Å². The van der Waals surface area contributed by atoms with Crippen LogP contribution in [0.3, 0.4) is 0 Å². The first-order valence-electron chi connectivity index (χ1n) is 3.81. The molecule has 0 aromatic heterocycles. The van der Waals surface area contributed by atoms with Gasteiger partial charge in [0.1, 0.15) is 0 Å². The van der Waals surface area contributed by atoms with Crippen molar-refractivity contribution in [2.24, 2.45) is 0 Å². The fourth-order valence-corrected chi connectivity index (χ4v) is 3.81. The van der Waals surface area contributed by atoms with E-state index in [4.69, 9.17) is 11.1 Å². The first-order valence-corrected chi connectivity index (χ1v) is 6.77. The Morgan fingerprint density at radius 2 is 1.64 bits per heavy atom. The zero-order chi connectivity index (χ0) is 9.28. The smallest absolute Gasteiger partial charge is 0.309 e. The molecule has 2 nitrogen and oxygen atoms in total. The molecular formula is C7H19ClN2Si. The second-order valence-corrected chi connectivity index (χ2v) is 9.80. The minimum atomic E-state index is -1.95. The molecule has 1 atom stereocenters. The van der Waals surface area contributed by atoms with Gasteiger partial charge in [0.05, 0.1) is 0 Å². The van der Waals surface area contributed by atoms with Crippen molar-refractivity contribution in [2.75, 3.05) is 21.1 Å². The highest BCUT2D eigenvalue weighted by atomic mass is 35.6. The monoisotopic (exact) mass is 194 g/mol. The minimum Gasteiger partial charge on any atom is -0.316 e. The van der Waals surface area contributed by atoms with Crippen LogP contribution in [0.5, 0.6) is 0 Å². The summed E-state index contributed by atoms with van der Waals surface area (Å²) < 4.78 is 2.12. The number of hydrogen-bond donors (Lipinski definition) is 1. The van der Waals surface area contributed by atoms with Crippen molar-refractivity contribution < 1.29 is 0 Å². The molecule has 0 heterocycles. The molecular weight excluding hydrogens is 176 g/mol. The van der Waals surface area contributed by atoms with Crippen LogP contribution in [0.1, 0.15) is 20.8 Å². The predicted molar refractivity (Wildman–Crippen MR) is 54.1 cm³/mol. The van der Waals surface area contributed by atoms with Gasteiger partial charge < -0.3 is 9.55 Å². The van der Waals surface area contributed by atoms with Crippen molar-refractivity contribution in [2.45, 2.75) is 25.8 Å². The maximum absolute atomic E-state index is 6.49. The molecule has 0 fully saturated rings. The van der Waals surface area contributed by atoms with Crippen molar-refractivity contribution in [1.29, 1.82) is 0 Å². The SMILES string of the molecule is CN[Si](Cl)(N(C)C)C(C)(C)C. The Bertz CT molecular complexity index is 133. The number of hydrogen-bond acceptors (Lipinski definition) is 2. The lowest BCUT2D eigenvalue weighted by Crippen LogP contribution is -2.61. The van der Waals surface area contributed by atoms with Gasteiger partial charge in [0, 0.05) is 0 Å². The lowest BCUT2D eigenvalue weighted by molar-refractivity contribution is 0.544. The van der Waals surface area contributed by atoms with Gasteiger partial charge in [0.15, 0.2) is 0 Å². The molecule has 4 heteroatoms. The molecule has 11 heavy (non-hydrogen) atoms. The standard InChI is InChI=1S/C7H19ClN2Si/c1-7(2,3)11(8,9-4)10(5)6/h9H,1-6H3. The van der Waals surface area contributed by atoms with E-state index in [0.29, 0.717) is 0 Å². The average Bonchev–Trinajstić information content (AvgIpc) is 1.83. The van der Waals surface area contributed by atoms with E-state index in [1.54, 1.807) is 0 Å². The molecule has 0 amide bonds. The van der Waals surface area contributed by atoms with Crippen LogP contribution in [0, 0.1) is 0 Å². The van der Waals surface area contributed by atoms with Gasteiger partial charge in [-0.2, -0.15) is 0 Å². The summed E-state index contributed by atoms with van der Waals surface area (Å²) in [5.41, 5.74) is 0. The van der Waals surface area contributed by atoms with Gasteiger partial charge in [-0.25, -0.2) is 0 Å². The Labute approximate surface area is 75.8 Å². The Hall–Kier alpha value is 0.427. The summed E-state index contributed by atoms with van der Waals surface area (Å²) in [6, 6.07) is 0. The highest BCUT2D eigenvalue weighted by molar-refractivity contribution is 7.18. The third-order valence-electron chi connectivity index (χ3n) is 1.94. The third kappa shape index (κ3) is 2.18. The molecule has 1 unspecified atom stereocenters. The molecule has 0 radical (unpaired) electrons. The molecule has 0 aliphatic rings. The summed E-state index contributed by atoms with van der Waals surface area (Å²) in [7, 11) is 4.05. The number of halogens is 1. The highest BCUT2D eigenvalue weighted by Crippen LogP contribution is 2.37. The summed E-state index contributed by atoms with van der Waals surface area (Å²) in [6.45, 7) is 6.51. The first kappa shape index (κ1) is 11.4. The summed E-state index contributed by atoms with van der Waals surface area (Å²) >= 11 is 6.49. The van der Waals surface area contributed by atoms with Crippen LogP contribution < -0.4 is 4.98 Å². The van der Waals surface area contributed by atoms with Gasteiger partial charge in [-0.1, -0.05) is 20.8 Å². The summed E-state index contributed by atoms with van der Waals surface area (Å²) in [4.78, 5) is 3.25. The van der Waals surface area contributed by atoms with Gasteiger partial charge in [-0.3, -0.25) is 0 Å². The Morgan fingerprint density at radius 3 is 1.64 bits per heavy atom. The number of nitrogens with zero attached hydrogens (tertiary/aromatic N) is 1. The Morgan fingerprint density at radius 1 is 1.27 bits per heavy atom. The van der Waals surface area contributed by atoms with E-state index in [-0.39, 0.29) is 5.04 Å². The first-order chi connectivity index (χ1) is 4.75. The third-order valence-corrected chi connectivity index (χ3v) is 9.11. The average molecular weight is 195 g/mol. The fraction of sp³-hybridized carbons (Fsp3) is 1.00. The van der Waals surface area contributed by atoms with Gasteiger partial charge in [-0.05, 0) is 26.2 Å². The molecule has 1 N–H and O–H groups in total.